The number of ether oxygens (including phenoxy) is 2. The van der Waals surface area contributed by atoms with E-state index in [9.17, 15) is 4.79 Å². The summed E-state index contributed by atoms with van der Waals surface area (Å²) in [5.74, 6) is 1.45. The molecule has 0 radical (unpaired) electrons. The minimum absolute atomic E-state index is 0.142. The summed E-state index contributed by atoms with van der Waals surface area (Å²) < 4.78 is 13.2. The quantitative estimate of drug-likeness (QED) is 0.715. The van der Waals surface area contributed by atoms with Gasteiger partial charge in [0.25, 0.3) is 0 Å². The third-order valence-corrected chi connectivity index (χ3v) is 5.33. The average molecular weight is 391 g/mol. The van der Waals surface area contributed by atoms with Gasteiger partial charge in [-0.2, -0.15) is 0 Å². The summed E-state index contributed by atoms with van der Waals surface area (Å²) in [6, 6.07) is 17.1. The Morgan fingerprint density at radius 2 is 1.83 bits per heavy atom. The van der Waals surface area contributed by atoms with E-state index in [0.29, 0.717) is 6.54 Å². The van der Waals surface area contributed by atoms with Gasteiger partial charge in [-0.05, 0) is 49.4 Å². The molecule has 2 amide bonds. The van der Waals surface area contributed by atoms with E-state index in [1.54, 1.807) is 14.2 Å². The van der Waals surface area contributed by atoms with Gasteiger partial charge in [-0.3, -0.25) is 0 Å². The van der Waals surface area contributed by atoms with Crippen LogP contribution in [-0.4, -0.2) is 36.3 Å². The molecule has 1 aliphatic heterocycles. The number of rotatable bonds is 4. The van der Waals surface area contributed by atoms with Crippen molar-refractivity contribution in [1.29, 1.82) is 0 Å². The maximum Gasteiger partial charge on any atom is 0.322 e. The molecule has 2 aromatic carbocycles. The number of amides is 2. The fourth-order valence-electron chi connectivity index (χ4n) is 3.81. The van der Waals surface area contributed by atoms with Crippen molar-refractivity contribution in [2.75, 3.05) is 26.1 Å². The predicted octanol–water partition coefficient (Wildman–Crippen LogP) is 4.45. The summed E-state index contributed by atoms with van der Waals surface area (Å²) in [7, 11) is 3.28. The van der Waals surface area contributed by atoms with E-state index >= 15 is 0 Å². The number of carbonyl (C=O) groups excluding carboxylic acids is 1. The lowest BCUT2D eigenvalue weighted by molar-refractivity contribution is 0.180. The molecule has 4 rings (SSSR count). The molecule has 1 atom stereocenters. The van der Waals surface area contributed by atoms with Crippen molar-refractivity contribution in [3.63, 3.8) is 0 Å². The standard InChI is InChI=1S/C23H25N3O3/c1-16-6-8-17(9-7-16)24-23(27)26-14-13-25-12-4-5-20(25)22(26)19-15-18(28-2)10-11-21(19)29-3/h4-12,15,22H,13-14H2,1-3H3,(H,24,27). The first kappa shape index (κ1) is 18.9. The van der Waals surface area contributed by atoms with Gasteiger partial charge in [0, 0.05) is 36.2 Å². The fraction of sp³-hybridized carbons (Fsp3) is 0.261. The Labute approximate surface area is 170 Å². The van der Waals surface area contributed by atoms with E-state index in [4.69, 9.17) is 9.47 Å². The molecule has 0 fully saturated rings. The lowest BCUT2D eigenvalue weighted by Gasteiger charge is -2.37. The molecule has 6 nitrogen and oxygen atoms in total. The van der Waals surface area contributed by atoms with Gasteiger partial charge in [-0.15, -0.1) is 0 Å². The number of carbonyl (C=O) groups is 1. The number of urea groups is 1. The normalized spacial score (nSPS) is 15.6. The smallest absolute Gasteiger partial charge is 0.322 e. The second-order valence-electron chi connectivity index (χ2n) is 7.13. The van der Waals surface area contributed by atoms with E-state index < -0.39 is 0 Å². The second-order valence-corrected chi connectivity index (χ2v) is 7.13. The molecule has 0 bridgehead atoms. The zero-order valence-corrected chi connectivity index (χ0v) is 16.9. The van der Waals surface area contributed by atoms with Crippen LogP contribution >= 0.6 is 0 Å². The molecular formula is C23H25N3O3. The molecule has 1 aromatic heterocycles. The number of nitrogens with one attached hydrogen (secondary N) is 1. The molecule has 2 heterocycles. The number of fused-ring (bicyclic) bond motifs is 1. The van der Waals surface area contributed by atoms with Gasteiger partial charge < -0.3 is 24.3 Å². The summed E-state index contributed by atoms with van der Waals surface area (Å²) in [6.07, 6.45) is 2.05. The van der Waals surface area contributed by atoms with Crippen LogP contribution in [0, 0.1) is 6.92 Å². The van der Waals surface area contributed by atoms with Gasteiger partial charge in [0.15, 0.2) is 0 Å². The maximum absolute atomic E-state index is 13.3. The van der Waals surface area contributed by atoms with Crippen LogP contribution in [0.25, 0.3) is 0 Å². The van der Waals surface area contributed by atoms with Crippen molar-refractivity contribution < 1.29 is 14.3 Å². The van der Waals surface area contributed by atoms with Gasteiger partial charge >= 0.3 is 6.03 Å². The Morgan fingerprint density at radius 3 is 2.55 bits per heavy atom. The van der Waals surface area contributed by atoms with Crippen LogP contribution in [-0.2, 0) is 6.54 Å². The zero-order chi connectivity index (χ0) is 20.4. The Hall–Kier alpha value is -3.41. The number of methoxy groups -OCH3 is 2. The van der Waals surface area contributed by atoms with Gasteiger partial charge in [-0.1, -0.05) is 17.7 Å². The highest BCUT2D eigenvalue weighted by Crippen LogP contribution is 2.39. The van der Waals surface area contributed by atoms with Gasteiger partial charge in [0.05, 0.1) is 14.2 Å². The Kier molecular flexibility index (Phi) is 5.16. The SMILES string of the molecule is COc1ccc(OC)c(C2c3cccn3CCN2C(=O)Nc2ccc(C)cc2)c1. The van der Waals surface area contributed by atoms with Crippen molar-refractivity contribution in [3.05, 3.63) is 77.6 Å². The van der Waals surface area contributed by atoms with Crippen molar-refractivity contribution in [1.82, 2.24) is 9.47 Å². The van der Waals surface area contributed by atoms with E-state index in [0.717, 1.165) is 40.6 Å². The Bertz CT molecular complexity index is 1010. The lowest BCUT2D eigenvalue weighted by Crippen LogP contribution is -2.44. The van der Waals surface area contributed by atoms with Gasteiger partial charge in [-0.25, -0.2) is 4.79 Å². The highest BCUT2D eigenvalue weighted by Gasteiger charge is 2.34. The maximum atomic E-state index is 13.3. The van der Waals surface area contributed by atoms with Gasteiger partial charge in [0.2, 0.25) is 0 Å². The number of anilines is 1. The lowest BCUT2D eigenvalue weighted by atomic mass is 9.98. The Morgan fingerprint density at radius 1 is 1.03 bits per heavy atom. The molecular weight excluding hydrogens is 366 g/mol. The highest BCUT2D eigenvalue weighted by atomic mass is 16.5. The molecule has 1 N–H and O–H groups in total. The minimum atomic E-state index is -0.283. The number of hydrogen-bond donors (Lipinski definition) is 1. The van der Waals surface area contributed by atoms with Crippen LogP contribution in [0.3, 0.4) is 0 Å². The highest BCUT2D eigenvalue weighted by molar-refractivity contribution is 5.90. The zero-order valence-electron chi connectivity index (χ0n) is 16.9. The summed E-state index contributed by atoms with van der Waals surface area (Å²) >= 11 is 0. The van der Waals surface area contributed by atoms with Crippen LogP contribution in [0.1, 0.15) is 22.9 Å². The van der Waals surface area contributed by atoms with Crippen molar-refractivity contribution in [2.45, 2.75) is 19.5 Å². The molecule has 0 spiro atoms. The molecule has 1 aliphatic rings. The van der Waals surface area contributed by atoms with Crippen LogP contribution < -0.4 is 14.8 Å². The average Bonchev–Trinajstić information content (AvgIpc) is 3.23. The number of aryl methyl sites for hydroxylation is 1. The Balaban J connectivity index is 1.73. The summed E-state index contributed by atoms with van der Waals surface area (Å²) in [6.45, 7) is 3.35. The predicted molar refractivity (Wildman–Crippen MR) is 113 cm³/mol. The first-order valence-electron chi connectivity index (χ1n) is 9.62. The van der Waals surface area contributed by atoms with Crippen LogP contribution in [0.15, 0.2) is 60.8 Å². The van der Waals surface area contributed by atoms with Crippen LogP contribution in [0.2, 0.25) is 0 Å². The molecule has 29 heavy (non-hydrogen) atoms. The largest absolute Gasteiger partial charge is 0.497 e. The topological polar surface area (TPSA) is 55.7 Å². The minimum Gasteiger partial charge on any atom is -0.497 e. The number of hydrogen-bond acceptors (Lipinski definition) is 3. The number of nitrogens with zero attached hydrogens (tertiary/aromatic N) is 2. The van der Waals surface area contributed by atoms with E-state index in [1.807, 2.05) is 66.6 Å². The molecule has 6 heteroatoms. The molecule has 1 unspecified atom stereocenters. The van der Waals surface area contributed by atoms with Crippen LogP contribution in [0.5, 0.6) is 11.5 Å². The second kappa shape index (κ2) is 7.91. The number of benzene rings is 2. The first-order valence-corrected chi connectivity index (χ1v) is 9.62. The van der Waals surface area contributed by atoms with E-state index in [1.165, 1.54) is 0 Å². The van der Waals surface area contributed by atoms with Crippen molar-refractivity contribution >= 4 is 11.7 Å². The van der Waals surface area contributed by atoms with E-state index in [2.05, 4.69) is 16.0 Å². The third-order valence-electron chi connectivity index (χ3n) is 5.33. The monoisotopic (exact) mass is 391 g/mol. The molecule has 0 aliphatic carbocycles. The fourth-order valence-corrected chi connectivity index (χ4v) is 3.81. The van der Waals surface area contributed by atoms with Crippen molar-refractivity contribution in [2.24, 2.45) is 0 Å². The first-order chi connectivity index (χ1) is 14.1. The number of aromatic nitrogens is 1. The summed E-state index contributed by atoms with van der Waals surface area (Å²) in [5, 5.41) is 3.03. The summed E-state index contributed by atoms with van der Waals surface area (Å²) in [5.41, 5.74) is 3.86. The summed E-state index contributed by atoms with van der Waals surface area (Å²) in [4.78, 5) is 15.1. The molecule has 0 saturated heterocycles. The molecule has 3 aromatic rings. The molecule has 0 saturated carbocycles. The third kappa shape index (κ3) is 3.66. The molecule has 150 valence electrons. The van der Waals surface area contributed by atoms with Gasteiger partial charge in [0.1, 0.15) is 17.5 Å². The van der Waals surface area contributed by atoms with Crippen LogP contribution in [0.4, 0.5) is 10.5 Å². The van der Waals surface area contributed by atoms with E-state index in [-0.39, 0.29) is 12.1 Å². The van der Waals surface area contributed by atoms with Crippen molar-refractivity contribution in [3.8, 4) is 11.5 Å².